The van der Waals surface area contributed by atoms with E-state index >= 15 is 0 Å². The first-order valence-corrected chi connectivity index (χ1v) is 11.4. The monoisotopic (exact) mass is 436 g/mol. The molecule has 0 amide bonds. The number of fused-ring (bicyclic) bond motifs is 1. The Hall–Kier alpha value is -2.55. The Labute approximate surface area is 188 Å². The van der Waals surface area contributed by atoms with Gasteiger partial charge in [-0.05, 0) is 45.7 Å². The molecule has 0 saturated carbocycles. The summed E-state index contributed by atoms with van der Waals surface area (Å²) in [6.07, 6.45) is 2.03. The molecule has 5 rings (SSSR count). The topological polar surface area (TPSA) is 102 Å². The third-order valence-electron chi connectivity index (χ3n) is 7.55. The molecule has 2 aliphatic rings. The van der Waals surface area contributed by atoms with Gasteiger partial charge in [0.2, 0.25) is 0 Å². The van der Waals surface area contributed by atoms with Gasteiger partial charge in [-0.3, -0.25) is 0 Å². The van der Waals surface area contributed by atoms with E-state index in [1.807, 2.05) is 33.0 Å². The molecule has 3 N–H and O–H groups in total. The first-order valence-electron chi connectivity index (χ1n) is 11.4. The average Bonchev–Trinajstić information content (AvgIpc) is 3.24. The summed E-state index contributed by atoms with van der Waals surface area (Å²) in [5.41, 5.74) is 11.8. The van der Waals surface area contributed by atoms with Crippen molar-refractivity contribution >= 4 is 16.9 Å². The van der Waals surface area contributed by atoms with Gasteiger partial charge in [-0.25, -0.2) is 15.0 Å². The molecular weight excluding hydrogens is 404 g/mol. The number of aliphatic hydroxyl groups excluding tert-OH is 1. The minimum atomic E-state index is -0.149. The van der Waals surface area contributed by atoms with Gasteiger partial charge in [0.1, 0.15) is 11.5 Å². The molecule has 0 radical (unpaired) electrons. The number of aromatic nitrogens is 4. The van der Waals surface area contributed by atoms with Crippen LogP contribution < -0.4 is 10.6 Å². The summed E-state index contributed by atoms with van der Waals surface area (Å²) in [5, 5.41) is 10.1. The van der Waals surface area contributed by atoms with Gasteiger partial charge in [-0.2, -0.15) is 0 Å². The van der Waals surface area contributed by atoms with E-state index in [4.69, 9.17) is 20.4 Å². The second-order valence-electron chi connectivity index (χ2n) is 9.40. The molecule has 32 heavy (non-hydrogen) atoms. The number of aliphatic hydroxyl groups is 1. The first-order chi connectivity index (χ1) is 15.3. The highest BCUT2D eigenvalue weighted by molar-refractivity contribution is 5.82. The molecule has 1 aromatic carbocycles. The zero-order chi connectivity index (χ0) is 22.6. The van der Waals surface area contributed by atoms with Gasteiger partial charge in [0, 0.05) is 37.2 Å². The number of nitrogens with two attached hydrogens (primary N) is 1. The molecule has 2 aromatic heterocycles. The highest BCUT2D eigenvalue weighted by atomic mass is 16.5. The van der Waals surface area contributed by atoms with Crippen LogP contribution in [-0.2, 0) is 18.4 Å². The van der Waals surface area contributed by atoms with Crippen molar-refractivity contribution in [3.8, 4) is 11.3 Å². The zero-order valence-corrected chi connectivity index (χ0v) is 19.3. The lowest BCUT2D eigenvalue weighted by Gasteiger charge is -2.42. The standard InChI is InChI=1S/C24H32N6O2/c1-14-21(17-5-6-18-20(11-17)29(4)16(3)27-18)28-19(12-31)23(26-14)30-9-7-24(8-10-30)13-32-15(2)22(24)25/h5-6,11,15,22,31H,7-10,12-13,25H2,1-4H3/t15-,22+/m0/s1. The maximum atomic E-state index is 10.1. The van der Waals surface area contributed by atoms with Crippen molar-refractivity contribution < 1.29 is 9.84 Å². The molecule has 2 saturated heterocycles. The summed E-state index contributed by atoms with van der Waals surface area (Å²) in [7, 11) is 2.01. The molecule has 2 atom stereocenters. The van der Waals surface area contributed by atoms with Gasteiger partial charge in [-0.15, -0.1) is 0 Å². The number of imidazole rings is 1. The molecule has 170 valence electrons. The van der Waals surface area contributed by atoms with Crippen molar-refractivity contribution in [3.63, 3.8) is 0 Å². The SMILES string of the molecule is Cc1nc(N2CCC3(CC2)CO[C@@H](C)[C@H]3N)c(CO)nc1-c1ccc2nc(C)n(C)c2c1. The van der Waals surface area contributed by atoms with Crippen molar-refractivity contribution in [2.75, 3.05) is 24.6 Å². The second-order valence-corrected chi connectivity index (χ2v) is 9.40. The van der Waals surface area contributed by atoms with E-state index < -0.39 is 0 Å². The van der Waals surface area contributed by atoms with E-state index in [-0.39, 0.29) is 24.2 Å². The highest BCUT2D eigenvalue weighted by Crippen LogP contribution is 2.42. The van der Waals surface area contributed by atoms with E-state index in [1.165, 1.54) is 0 Å². The van der Waals surface area contributed by atoms with Gasteiger partial charge in [0.15, 0.2) is 5.82 Å². The van der Waals surface area contributed by atoms with Gasteiger partial charge in [0.25, 0.3) is 0 Å². The van der Waals surface area contributed by atoms with Crippen LogP contribution in [0.5, 0.6) is 0 Å². The number of hydrogen-bond donors (Lipinski definition) is 2. The molecule has 4 heterocycles. The van der Waals surface area contributed by atoms with Crippen LogP contribution in [0.2, 0.25) is 0 Å². The third-order valence-corrected chi connectivity index (χ3v) is 7.55. The molecule has 1 spiro atoms. The Bertz CT molecular complexity index is 1160. The summed E-state index contributed by atoms with van der Waals surface area (Å²) in [4.78, 5) is 16.6. The van der Waals surface area contributed by atoms with Crippen LogP contribution >= 0.6 is 0 Å². The van der Waals surface area contributed by atoms with Crippen molar-refractivity contribution in [2.24, 2.45) is 18.2 Å². The van der Waals surface area contributed by atoms with Crippen LogP contribution in [0.4, 0.5) is 5.82 Å². The predicted octanol–water partition coefficient (Wildman–Crippen LogP) is 2.47. The molecule has 8 heteroatoms. The van der Waals surface area contributed by atoms with E-state index in [9.17, 15) is 5.11 Å². The van der Waals surface area contributed by atoms with E-state index in [0.29, 0.717) is 5.69 Å². The Morgan fingerprint density at radius 3 is 2.59 bits per heavy atom. The normalized spacial score (nSPS) is 22.9. The molecule has 3 aromatic rings. The Morgan fingerprint density at radius 1 is 1.19 bits per heavy atom. The highest BCUT2D eigenvalue weighted by Gasteiger charge is 2.47. The smallest absolute Gasteiger partial charge is 0.153 e. The Morgan fingerprint density at radius 2 is 1.94 bits per heavy atom. The quantitative estimate of drug-likeness (QED) is 0.650. The van der Waals surface area contributed by atoms with Crippen LogP contribution in [0.1, 0.15) is 37.0 Å². The van der Waals surface area contributed by atoms with E-state index in [1.54, 1.807) is 0 Å². The zero-order valence-electron chi connectivity index (χ0n) is 19.3. The van der Waals surface area contributed by atoms with Crippen LogP contribution in [0, 0.1) is 19.3 Å². The number of ether oxygens (including phenoxy) is 1. The largest absolute Gasteiger partial charge is 0.390 e. The Kier molecular flexibility index (Phi) is 5.19. The van der Waals surface area contributed by atoms with Crippen LogP contribution in [0.15, 0.2) is 18.2 Å². The lowest BCUT2D eigenvalue weighted by atomic mass is 9.73. The van der Waals surface area contributed by atoms with Gasteiger partial charge in [-0.1, -0.05) is 6.07 Å². The molecule has 8 nitrogen and oxygen atoms in total. The van der Waals surface area contributed by atoms with Gasteiger partial charge >= 0.3 is 0 Å². The lowest BCUT2D eigenvalue weighted by molar-refractivity contribution is 0.0973. The van der Waals surface area contributed by atoms with Gasteiger partial charge < -0.3 is 25.0 Å². The lowest BCUT2D eigenvalue weighted by Crippen LogP contribution is -2.51. The predicted molar refractivity (Wildman–Crippen MR) is 124 cm³/mol. The number of aryl methyl sites for hydroxylation is 3. The minimum absolute atomic E-state index is 0.0500. The molecule has 0 aliphatic carbocycles. The van der Waals surface area contributed by atoms with Crippen LogP contribution in [-0.4, -0.2) is 56.5 Å². The third kappa shape index (κ3) is 3.29. The number of piperidine rings is 1. The summed E-state index contributed by atoms with van der Waals surface area (Å²) in [5.74, 6) is 1.75. The second kappa shape index (κ2) is 7.79. The van der Waals surface area contributed by atoms with Crippen molar-refractivity contribution in [2.45, 2.75) is 52.4 Å². The Balaban J connectivity index is 1.45. The molecule has 2 fully saturated rings. The number of hydrogen-bond acceptors (Lipinski definition) is 7. The van der Waals surface area contributed by atoms with Crippen molar-refractivity contribution in [3.05, 3.63) is 35.4 Å². The van der Waals surface area contributed by atoms with Crippen LogP contribution in [0.25, 0.3) is 22.3 Å². The fraction of sp³-hybridized carbons (Fsp3) is 0.542. The molecular formula is C24H32N6O2. The van der Waals surface area contributed by atoms with Crippen molar-refractivity contribution in [1.82, 2.24) is 19.5 Å². The average molecular weight is 437 g/mol. The number of nitrogens with zero attached hydrogens (tertiary/aromatic N) is 5. The fourth-order valence-corrected chi connectivity index (χ4v) is 5.27. The van der Waals surface area contributed by atoms with E-state index in [2.05, 4.69) is 27.4 Å². The fourth-order valence-electron chi connectivity index (χ4n) is 5.27. The summed E-state index contributed by atoms with van der Waals surface area (Å²) < 4.78 is 7.93. The maximum Gasteiger partial charge on any atom is 0.153 e. The van der Waals surface area contributed by atoms with Gasteiger partial charge in [0.05, 0.1) is 41.7 Å². The number of rotatable bonds is 3. The minimum Gasteiger partial charge on any atom is -0.390 e. The molecule has 0 bridgehead atoms. The maximum absolute atomic E-state index is 10.1. The summed E-state index contributed by atoms with van der Waals surface area (Å²) in [6, 6.07) is 6.21. The van der Waals surface area contributed by atoms with E-state index in [0.717, 1.165) is 72.2 Å². The molecule has 0 unspecified atom stereocenters. The summed E-state index contributed by atoms with van der Waals surface area (Å²) in [6.45, 7) is 8.30. The van der Waals surface area contributed by atoms with Crippen LogP contribution in [0.3, 0.4) is 0 Å². The van der Waals surface area contributed by atoms with Crippen molar-refractivity contribution in [1.29, 1.82) is 0 Å². The molecule has 2 aliphatic heterocycles. The summed E-state index contributed by atoms with van der Waals surface area (Å²) >= 11 is 0. The first kappa shape index (κ1) is 21.3. The number of anilines is 1. The number of benzene rings is 1.